The number of hydrogen-bond acceptors (Lipinski definition) is 5. The molecule has 0 fully saturated rings. The van der Waals surface area contributed by atoms with Crippen LogP contribution in [0.3, 0.4) is 0 Å². The number of rotatable bonds is 3. The fourth-order valence-corrected chi connectivity index (χ4v) is 3.17. The SMILES string of the molecule is O=Cc1cc(C(=O)c2ccccc2O)cc2c(=O)c3cc(Cl)ccc3oc12. The third-order valence-electron chi connectivity index (χ3n) is 4.30. The Hall–Kier alpha value is -3.44. The molecule has 1 aromatic heterocycles. The van der Waals surface area contributed by atoms with Crippen molar-refractivity contribution in [1.82, 2.24) is 0 Å². The van der Waals surface area contributed by atoms with Crippen LogP contribution in [0.2, 0.25) is 5.02 Å². The van der Waals surface area contributed by atoms with Crippen LogP contribution < -0.4 is 5.43 Å². The molecule has 0 saturated heterocycles. The van der Waals surface area contributed by atoms with Crippen LogP contribution in [0.5, 0.6) is 5.75 Å². The average molecular weight is 379 g/mol. The number of carbonyl (C=O) groups is 2. The van der Waals surface area contributed by atoms with E-state index >= 15 is 0 Å². The van der Waals surface area contributed by atoms with Crippen LogP contribution in [0.15, 0.2) is 63.8 Å². The third-order valence-corrected chi connectivity index (χ3v) is 4.53. The van der Waals surface area contributed by atoms with Crippen LogP contribution in [0, 0.1) is 0 Å². The summed E-state index contributed by atoms with van der Waals surface area (Å²) in [5.74, 6) is -0.698. The summed E-state index contributed by atoms with van der Waals surface area (Å²) in [6.45, 7) is 0. The number of aldehydes is 1. The molecular formula is C21H11ClO5. The molecule has 0 bridgehead atoms. The van der Waals surface area contributed by atoms with Gasteiger partial charge in [-0.15, -0.1) is 0 Å². The van der Waals surface area contributed by atoms with E-state index in [4.69, 9.17) is 16.0 Å². The number of ketones is 1. The Morgan fingerprint density at radius 2 is 1.81 bits per heavy atom. The van der Waals surface area contributed by atoms with Gasteiger partial charge in [-0.05, 0) is 42.5 Å². The lowest BCUT2D eigenvalue weighted by atomic mass is 9.98. The van der Waals surface area contributed by atoms with E-state index in [2.05, 4.69) is 0 Å². The second-order valence-corrected chi connectivity index (χ2v) is 6.41. The molecule has 5 nitrogen and oxygen atoms in total. The highest BCUT2D eigenvalue weighted by molar-refractivity contribution is 6.31. The van der Waals surface area contributed by atoms with Crippen LogP contribution in [0.1, 0.15) is 26.3 Å². The molecule has 6 heteroatoms. The molecule has 4 aromatic rings. The monoisotopic (exact) mass is 378 g/mol. The molecule has 0 aliphatic rings. The summed E-state index contributed by atoms with van der Waals surface area (Å²) in [6, 6.07) is 13.4. The van der Waals surface area contributed by atoms with Crippen LogP contribution >= 0.6 is 11.6 Å². The highest BCUT2D eigenvalue weighted by atomic mass is 35.5. The minimum atomic E-state index is -0.510. The van der Waals surface area contributed by atoms with Crippen LogP contribution in [-0.2, 0) is 0 Å². The van der Waals surface area contributed by atoms with Gasteiger partial charge >= 0.3 is 0 Å². The summed E-state index contributed by atoms with van der Waals surface area (Å²) in [4.78, 5) is 37.2. The second kappa shape index (κ2) is 6.37. The molecule has 3 aromatic carbocycles. The van der Waals surface area contributed by atoms with E-state index in [9.17, 15) is 19.5 Å². The molecule has 132 valence electrons. The van der Waals surface area contributed by atoms with Crippen molar-refractivity contribution in [3.63, 3.8) is 0 Å². The number of phenols is 1. The summed E-state index contributed by atoms with van der Waals surface area (Å²) < 4.78 is 5.72. The molecule has 0 amide bonds. The lowest BCUT2D eigenvalue weighted by Gasteiger charge is -2.08. The Morgan fingerprint density at radius 3 is 2.56 bits per heavy atom. The highest BCUT2D eigenvalue weighted by Crippen LogP contribution is 2.27. The first-order valence-corrected chi connectivity index (χ1v) is 8.35. The third kappa shape index (κ3) is 2.78. The zero-order valence-corrected chi connectivity index (χ0v) is 14.5. The summed E-state index contributed by atoms with van der Waals surface area (Å²) in [6.07, 6.45) is 0.522. The number of fused-ring (bicyclic) bond motifs is 2. The summed E-state index contributed by atoms with van der Waals surface area (Å²) in [7, 11) is 0. The van der Waals surface area contributed by atoms with E-state index in [1.54, 1.807) is 24.3 Å². The van der Waals surface area contributed by atoms with Crippen molar-refractivity contribution in [2.45, 2.75) is 0 Å². The maximum absolute atomic E-state index is 12.9. The van der Waals surface area contributed by atoms with Crippen molar-refractivity contribution in [3.05, 3.63) is 86.5 Å². The van der Waals surface area contributed by atoms with Crippen molar-refractivity contribution in [2.75, 3.05) is 0 Å². The molecular weight excluding hydrogens is 368 g/mol. The Morgan fingerprint density at radius 1 is 1.04 bits per heavy atom. The fraction of sp³-hybridized carbons (Fsp3) is 0. The summed E-state index contributed by atoms with van der Waals surface area (Å²) >= 11 is 5.96. The first kappa shape index (κ1) is 17.0. The van der Waals surface area contributed by atoms with Gasteiger partial charge in [-0.2, -0.15) is 0 Å². The summed E-state index contributed by atoms with van der Waals surface area (Å²) in [5, 5.41) is 10.6. The predicted molar refractivity (Wildman–Crippen MR) is 102 cm³/mol. The van der Waals surface area contributed by atoms with Gasteiger partial charge in [0.25, 0.3) is 0 Å². The smallest absolute Gasteiger partial charge is 0.200 e. The number of hydrogen-bond donors (Lipinski definition) is 1. The standard InChI is InChI=1S/C21H11ClO5/c22-13-5-6-18-15(9-13)20(26)16-8-11(7-12(10-23)21(16)27-18)19(25)14-3-1-2-4-17(14)24/h1-10,24H. The van der Waals surface area contributed by atoms with E-state index in [1.807, 2.05) is 0 Å². The van der Waals surface area contributed by atoms with E-state index < -0.39 is 11.2 Å². The van der Waals surface area contributed by atoms with Gasteiger partial charge in [0.05, 0.1) is 21.9 Å². The quantitative estimate of drug-likeness (QED) is 0.325. The van der Waals surface area contributed by atoms with Crippen molar-refractivity contribution >= 4 is 45.6 Å². The number of halogens is 1. The summed E-state index contributed by atoms with van der Waals surface area (Å²) in [5.41, 5.74) is 0.226. The van der Waals surface area contributed by atoms with Gasteiger partial charge in [0.1, 0.15) is 16.9 Å². The number of para-hydroxylation sites is 1. The molecule has 1 heterocycles. The second-order valence-electron chi connectivity index (χ2n) is 5.98. The molecule has 0 spiro atoms. The van der Waals surface area contributed by atoms with Crippen LogP contribution in [0.4, 0.5) is 0 Å². The molecule has 0 unspecified atom stereocenters. The fourth-order valence-electron chi connectivity index (χ4n) is 3.00. The Kier molecular flexibility index (Phi) is 4.01. The van der Waals surface area contributed by atoms with Gasteiger partial charge in [0, 0.05) is 10.6 Å². The number of aromatic hydroxyl groups is 1. The maximum Gasteiger partial charge on any atom is 0.200 e. The first-order chi connectivity index (χ1) is 13.0. The van der Waals surface area contributed by atoms with Gasteiger partial charge in [-0.1, -0.05) is 23.7 Å². The van der Waals surface area contributed by atoms with E-state index in [0.29, 0.717) is 16.9 Å². The molecule has 0 saturated carbocycles. The molecule has 0 atom stereocenters. The van der Waals surface area contributed by atoms with Crippen molar-refractivity contribution in [3.8, 4) is 5.75 Å². The van der Waals surface area contributed by atoms with Crippen molar-refractivity contribution < 1.29 is 19.1 Å². The Bertz CT molecular complexity index is 1300. The van der Waals surface area contributed by atoms with Gasteiger partial charge in [0.2, 0.25) is 5.43 Å². The van der Waals surface area contributed by atoms with E-state index in [1.165, 1.54) is 30.3 Å². The van der Waals surface area contributed by atoms with E-state index in [0.717, 1.165) is 0 Å². The molecule has 4 rings (SSSR count). The van der Waals surface area contributed by atoms with Crippen molar-refractivity contribution in [2.24, 2.45) is 0 Å². The zero-order valence-electron chi connectivity index (χ0n) is 13.7. The van der Waals surface area contributed by atoms with Gasteiger partial charge in [-0.3, -0.25) is 14.4 Å². The molecule has 0 aliphatic heterocycles. The number of phenolic OH excluding ortho intramolecular Hbond substituents is 1. The largest absolute Gasteiger partial charge is 0.507 e. The molecule has 1 N–H and O–H groups in total. The van der Waals surface area contributed by atoms with Gasteiger partial charge < -0.3 is 9.52 Å². The lowest BCUT2D eigenvalue weighted by molar-refractivity contribution is 0.103. The predicted octanol–water partition coefficient (Wildman–Crippen LogP) is 4.35. The molecule has 0 aliphatic carbocycles. The van der Waals surface area contributed by atoms with Gasteiger partial charge in [-0.25, -0.2) is 0 Å². The van der Waals surface area contributed by atoms with E-state index in [-0.39, 0.29) is 38.8 Å². The number of benzene rings is 3. The maximum atomic E-state index is 12.9. The number of carbonyl (C=O) groups excluding carboxylic acids is 2. The Balaban J connectivity index is 2.04. The minimum Gasteiger partial charge on any atom is -0.507 e. The first-order valence-electron chi connectivity index (χ1n) is 7.97. The zero-order chi connectivity index (χ0) is 19.1. The lowest BCUT2D eigenvalue weighted by Crippen LogP contribution is -2.08. The molecule has 27 heavy (non-hydrogen) atoms. The van der Waals surface area contributed by atoms with Crippen molar-refractivity contribution in [1.29, 1.82) is 0 Å². The van der Waals surface area contributed by atoms with Crippen LogP contribution in [0.25, 0.3) is 21.9 Å². The molecule has 0 radical (unpaired) electrons. The van der Waals surface area contributed by atoms with Gasteiger partial charge in [0.15, 0.2) is 12.1 Å². The average Bonchev–Trinajstić information content (AvgIpc) is 2.68. The highest BCUT2D eigenvalue weighted by Gasteiger charge is 2.18. The van der Waals surface area contributed by atoms with Crippen LogP contribution in [-0.4, -0.2) is 17.2 Å². The topological polar surface area (TPSA) is 84.6 Å². The normalized spacial score (nSPS) is 11.0. The minimum absolute atomic E-state index is 0.0696. The Labute approximate surface area is 157 Å².